The molecule has 2 heterocycles. The van der Waals surface area contributed by atoms with E-state index >= 15 is 0 Å². The van der Waals surface area contributed by atoms with Gasteiger partial charge in [0.2, 0.25) is 21.6 Å². The van der Waals surface area contributed by atoms with Crippen LogP contribution in [0.2, 0.25) is 0 Å². The zero-order valence-corrected chi connectivity index (χ0v) is 16.4. The fourth-order valence-electron chi connectivity index (χ4n) is 2.64. The number of benzene rings is 2. The Labute approximate surface area is 166 Å². The molecule has 0 bridgehead atoms. The Morgan fingerprint density at radius 2 is 1.52 bits per heavy atom. The number of hydrogen-bond acceptors (Lipinski definition) is 8. The molecule has 0 unspecified atom stereocenters. The van der Waals surface area contributed by atoms with Crippen molar-refractivity contribution < 1.29 is 21.3 Å². The Morgan fingerprint density at radius 3 is 2.21 bits per heavy atom. The van der Waals surface area contributed by atoms with Gasteiger partial charge in [0.15, 0.2) is 14.9 Å². The Bertz CT molecular complexity index is 1350. The van der Waals surface area contributed by atoms with Crippen LogP contribution < -0.4 is 0 Å². The highest BCUT2D eigenvalue weighted by Crippen LogP contribution is 2.27. The maximum Gasteiger partial charge on any atom is 0.247 e. The van der Waals surface area contributed by atoms with Crippen LogP contribution in [0.5, 0.6) is 0 Å². The highest BCUT2D eigenvalue weighted by Gasteiger charge is 2.31. The molecule has 11 heteroatoms. The first-order valence-corrected chi connectivity index (χ1v) is 11.5. The van der Waals surface area contributed by atoms with Crippen molar-refractivity contribution in [3.8, 4) is 11.5 Å². The van der Waals surface area contributed by atoms with E-state index in [2.05, 4.69) is 20.4 Å². The molecule has 4 rings (SSSR count). The van der Waals surface area contributed by atoms with Crippen molar-refractivity contribution in [1.29, 1.82) is 0 Å². The number of H-pyrrole nitrogens is 1. The molecular formula is C18H14N4O5S2. The van der Waals surface area contributed by atoms with Crippen molar-refractivity contribution in [2.75, 3.05) is 0 Å². The van der Waals surface area contributed by atoms with Crippen LogP contribution in [0.3, 0.4) is 0 Å². The Morgan fingerprint density at radius 1 is 0.862 bits per heavy atom. The molecule has 9 nitrogen and oxygen atoms in total. The van der Waals surface area contributed by atoms with Gasteiger partial charge in [-0.25, -0.2) is 16.8 Å². The Kier molecular flexibility index (Phi) is 4.76. The Balaban J connectivity index is 1.67. The fraction of sp³-hybridized carbons (Fsp3) is 0.0556. The quantitative estimate of drug-likeness (QED) is 0.492. The van der Waals surface area contributed by atoms with Gasteiger partial charge in [-0.1, -0.05) is 36.4 Å². The topological polar surface area (TPSA) is 136 Å². The molecule has 0 spiro atoms. The lowest BCUT2D eigenvalue weighted by molar-refractivity contribution is 0.517. The number of nitrogens with one attached hydrogen (secondary N) is 1. The van der Waals surface area contributed by atoms with E-state index in [1.807, 2.05) is 6.07 Å². The SMILES string of the molecule is O=S(=O)(Cc1nnc(-c2ccccc2)o1)c1cn[nH]c1S(=O)(=O)c1ccccc1. The van der Waals surface area contributed by atoms with E-state index in [0.717, 1.165) is 6.20 Å². The van der Waals surface area contributed by atoms with Crippen molar-refractivity contribution in [3.63, 3.8) is 0 Å². The van der Waals surface area contributed by atoms with Crippen molar-refractivity contribution in [2.45, 2.75) is 20.6 Å². The van der Waals surface area contributed by atoms with Gasteiger partial charge in [0, 0.05) is 5.56 Å². The van der Waals surface area contributed by atoms with E-state index in [9.17, 15) is 16.8 Å². The molecule has 2 aromatic carbocycles. The molecule has 0 radical (unpaired) electrons. The first kappa shape index (κ1) is 19.0. The predicted molar refractivity (Wildman–Crippen MR) is 101 cm³/mol. The molecule has 4 aromatic rings. The number of sulfone groups is 2. The van der Waals surface area contributed by atoms with Crippen molar-refractivity contribution >= 4 is 19.7 Å². The number of aromatic amines is 1. The van der Waals surface area contributed by atoms with E-state index in [0.29, 0.717) is 5.56 Å². The van der Waals surface area contributed by atoms with Gasteiger partial charge in [-0.3, -0.25) is 5.10 Å². The van der Waals surface area contributed by atoms with Gasteiger partial charge in [-0.2, -0.15) is 5.10 Å². The minimum atomic E-state index is -4.13. The summed E-state index contributed by atoms with van der Waals surface area (Å²) in [4.78, 5) is -0.509. The van der Waals surface area contributed by atoms with Crippen molar-refractivity contribution in [3.05, 3.63) is 72.8 Å². The lowest BCUT2D eigenvalue weighted by atomic mass is 10.2. The van der Waals surface area contributed by atoms with Crippen LogP contribution in [0.4, 0.5) is 0 Å². The molecule has 0 aliphatic heterocycles. The summed E-state index contributed by atoms with van der Waals surface area (Å²) in [6.07, 6.45) is 0.958. The summed E-state index contributed by atoms with van der Waals surface area (Å²) in [7, 11) is -8.23. The van der Waals surface area contributed by atoms with E-state index < -0.39 is 35.3 Å². The molecule has 0 aliphatic rings. The summed E-state index contributed by atoms with van der Waals surface area (Å²) in [6, 6.07) is 16.3. The molecule has 0 atom stereocenters. The number of hydrogen-bond donors (Lipinski definition) is 1. The van der Waals surface area contributed by atoms with Gasteiger partial charge in [-0.15, -0.1) is 10.2 Å². The first-order chi connectivity index (χ1) is 13.9. The van der Waals surface area contributed by atoms with Gasteiger partial charge in [0.25, 0.3) is 0 Å². The largest absolute Gasteiger partial charge is 0.420 e. The normalized spacial score (nSPS) is 12.1. The van der Waals surface area contributed by atoms with E-state index in [4.69, 9.17) is 4.42 Å². The monoisotopic (exact) mass is 430 g/mol. The zero-order valence-electron chi connectivity index (χ0n) is 14.8. The lowest BCUT2D eigenvalue weighted by Gasteiger charge is -2.05. The van der Waals surface area contributed by atoms with Crippen molar-refractivity contribution in [2.24, 2.45) is 0 Å². The third-order valence-corrected chi connectivity index (χ3v) is 7.51. The van der Waals surface area contributed by atoms with E-state index in [1.54, 1.807) is 42.5 Å². The summed E-state index contributed by atoms with van der Waals surface area (Å²) < 4.78 is 56.8. The molecule has 0 saturated carbocycles. The summed E-state index contributed by atoms with van der Waals surface area (Å²) in [5.74, 6) is -0.655. The van der Waals surface area contributed by atoms with Crippen LogP contribution in [0, 0.1) is 0 Å². The molecule has 2 aromatic heterocycles. The van der Waals surface area contributed by atoms with Crippen LogP contribution in [-0.4, -0.2) is 37.2 Å². The van der Waals surface area contributed by atoms with Crippen molar-refractivity contribution in [1.82, 2.24) is 20.4 Å². The van der Waals surface area contributed by atoms with Crippen LogP contribution in [0.1, 0.15) is 5.89 Å². The predicted octanol–water partition coefficient (Wildman–Crippen LogP) is 2.27. The fourth-order valence-corrected chi connectivity index (χ4v) is 5.73. The van der Waals surface area contributed by atoms with Gasteiger partial charge in [0.1, 0.15) is 10.6 Å². The minimum Gasteiger partial charge on any atom is -0.420 e. The second-order valence-electron chi connectivity index (χ2n) is 6.01. The molecule has 1 N–H and O–H groups in total. The average Bonchev–Trinajstić information content (AvgIpc) is 3.39. The van der Waals surface area contributed by atoms with Gasteiger partial charge in [0.05, 0.1) is 11.1 Å². The molecule has 29 heavy (non-hydrogen) atoms. The molecular weight excluding hydrogens is 416 g/mol. The molecule has 0 amide bonds. The second-order valence-corrected chi connectivity index (χ2v) is 9.85. The number of aromatic nitrogens is 4. The van der Waals surface area contributed by atoms with Gasteiger partial charge < -0.3 is 4.42 Å². The minimum absolute atomic E-state index is 0.0511. The number of nitrogens with zero attached hydrogens (tertiary/aromatic N) is 3. The van der Waals surface area contributed by atoms with Crippen LogP contribution in [-0.2, 0) is 25.4 Å². The summed E-state index contributed by atoms with van der Waals surface area (Å²) >= 11 is 0. The Hall–Kier alpha value is -3.31. The second kappa shape index (κ2) is 7.26. The average molecular weight is 430 g/mol. The van der Waals surface area contributed by atoms with Crippen LogP contribution in [0.15, 0.2) is 86.1 Å². The smallest absolute Gasteiger partial charge is 0.247 e. The lowest BCUT2D eigenvalue weighted by Crippen LogP contribution is -2.11. The summed E-state index contributed by atoms with van der Waals surface area (Å²) in [6.45, 7) is 0. The molecule has 0 aliphatic carbocycles. The van der Waals surface area contributed by atoms with E-state index in [1.165, 1.54) is 12.1 Å². The first-order valence-electron chi connectivity index (χ1n) is 8.32. The third kappa shape index (κ3) is 3.69. The maximum atomic E-state index is 12.9. The summed E-state index contributed by atoms with van der Waals surface area (Å²) in [5.41, 5.74) is 0.638. The maximum absolute atomic E-state index is 12.9. The molecule has 0 fully saturated rings. The van der Waals surface area contributed by atoms with Gasteiger partial charge in [-0.05, 0) is 24.3 Å². The number of rotatable bonds is 6. The van der Waals surface area contributed by atoms with Crippen LogP contribution >= 0.6 is 0 Å². The highest BCUT2D eigenvalue weighted by molar-refractivity contribution is 7.94. The third-order valence-electron chi connectivity index (χ3n) is 4.03. The standard InChI is InChI=1S/C18H14N4O5S2/c23-28(24,12-16-20-21-17(27-16)13-7-3-1-4-8-13)15-11-19-22-18(15)29(25,26)14-9-5-2-6-10-14/h1-11H,12H2,(H,19,22). The van der Waals surface area contributed by atoms with Crippen LogP contribution in [0.25, 0.3) is 11.5 Å². The summed E-state index contributed by atoms with van der Waals surface area (Å²) in [5, 5.41) is 13.0. The molecule has 0 saturated heterocycles. The highest BCUT2D eigenvalue weighted by atomic mass is 32.2. The van der Waals surface area contributed by atoms with Gasteiger partial charge >= 0.3 is 0 Å². The molecule has 148 valence electrons. The zero-order chi connectivity index (χ0) is 20.5. The van der Waals surface area contributed by atoms with E-state index in [-0.39, 0.29) is 16.7 Å².